The fourth-order valence-corrected chi connectivity index (χ4v) is 4.05. The number of nitrogens with one attached hydrogen (secondary N) is 1. The summed E-state index contributed by atoms with van der Waals surface area (Å²) >= 11 is 0. The second kappa shape index (κ2) is 9.81. The number of anilines is 1. The van der Waals surface area contributed by atoms with Gasteiger partial charge in [0.15, 0.2) is 17.3 Å². The fraction of sp³-hybridized carbons (Fsp3) is 0.308. The van der Waals surface area contributed by atoms with Crippen LogP contribution in [-0.4, -0.2) is 38.9 Å². The fourth-order valence-electron chi connectivity index (χ4n) is 4.05. The maximum atomic E-state index is 12.1. The lowest BCUT2D eigenvalue weighted by Crippen LogP contribution is -2.28. The molecule has 9 nitrogen and oxygen atoms in total. The molecule has 1 aliphatic rings. The predicted octanol–water partition coefficient (Wildman–Crippen LogP) is 3.67. The number of pyridine rings is 1. The molecule has 1 aromatic carbocycles. The molecule has 0 spiro atoms. The van der Waals surface area contributed by atoms with Gasteiger partial charge in [-0.05, 0) is 31.9 Å². The zero-order valence-corrected chi connectivity index (χ0v) is 19.8. The Labute approximate surface area is 203 Å². The SMILES string of the molecule is CC(C)n1cc(-c2cnc(N)c(-c3cc(-c4ccc(CN[C@H]5CCOC5)cc4)no3)n2)ccc1=O. The summed E-state index contributed by atoms with van der Waals surface area (Å²) < 4.78 is 12.7. The lowest BCUT2D eigenvalue weighted by molar-refractivity contribution is 0.190. The van der Waals surface area contributed by atoms with Crippen LogP contribution in [0.2, 0.25) is 0 Å². The molecule has 180 valence electrons. The van der Waals surface area contributed by atoms with Crippen LogP contribution in [0, 0.1) is 0 Å². The van der Waals surface area contributed by atoms with Crippen molar-refractivity contribution in [2.24, 2.45) is 0 Å². The van der Waals surface area contributed by atoms with E-state index in [1.165, 1.54) is 11.6 Å². The summed E-state index contributed by atoms with van der Waals surface area (Å²) in [5, 5.41) is 7.73. The van der Waals surface area contributed by atoms with Gasteiger partial charge in [-0.15, -0.1) is 0 Å². The van der Waals surface area contributed by atoms with Crippen molar-refractivity contribution in [2.45, 2.75) is 38.9 Å². The predicted molar refractivity (Wildman–Crippen MR) is 134 cm³/mol. The third-order valence-electron chi connectivity index (χ3n) is 6.11. The molecule has 1 atom stereocenters. The summed E-state index contributed by atoms with van der Waals surface area (Å²) in [6, 6.07) is 13.7. The van der Waals surface area contributed by atoms with Crippen LogP contribution in [0.5, 0.6) is 0 Å². The Morgan fingerprint density at radius 2 is 1.94 bits per heavy atom. The highest BCUT2D eigenvalue weighted by atomic mass is 16.5. The monoisotopic (exact) mass is 472 g/mol. The number of hydrogen-bond donors (Lipinski definition) is 2. The van der Waals surface area contributed by atoms with Crippen LogP contribution >= 0.6 is 0 Å². The van der Waals surface area contributed by atoms with Crippen molar-refractivity contribution >= 4 is 5.82 Å². The first-order chi connectivity index (χ1) is 17.0. The van der Waals surface area contributed by atoms with E-state index >= 15 is 0 Å². The molecule has 0 aliphatic carbocycles. The number of nitrogens with zero attached hydrogens (tertiary/aromatic N) is 4. The van der Waals surface area contributed by atoms with E-state index in [-0.39, 0.29) is 17.4 Å². The van der Waals surface area contributed by atoms with Gasteiger partial charge >= 0.3 is 0 Å². The van der Waals surface area contributed by atoms with Crippen LogP contribution in [0.3, 0.4) is 0 Å². The minimum absolute atomic E-state index is 0.0272. The standard InChI is InChI=1S/C26H28N6O3/c1-16(2)32-14-19(7-8-24(32)33)22-13-29-26(27)25(30-22)23-11-21(31-35-23)18-5-3-17(4-6-18)12-28-20-9-10-34-15-20/h3-8,11,13-14,16,20,28H,9-10,12,15H2,1-2H3,(H2,27,29)/t20-/m0/s1. The summed E-state index contributed by atoms with van der Waals surface area (Å²) in [6.07, 6.45) is 4.42. The van der Waals surface area contributed by atoms with Crippen molar-refractivity contribution in [3.05, 3.63) is 70.8 Å². The van der Waals surface area contributed by atoms with Gasteiger partial charge in [0.25, 0.3) is 5.56 Å². The molecule has 1 fully saturated rings. The minimum Gasteiger partial charge on any atom is -0.382 e. The molecule has 4 aromatic rings. The molecule has 1 aliphatic heterocycles. The number of hydrogen-bond acceptors (Lipinski definition) is 8. The Morgan fingerprint density at radius 1 is 1.14 bits per heavy atom. The first kappa shape index (κ1) is 22.9. The zero-order valence-electron chi connectivity index (χ0n) is 19.8. The number of nitrogens with two attached hydrogens (primary N) is 1. The first-order valence-corrected chi connectivity index (χ1v) is 11.7. The molecule has 35 heavy (non-hydrogen) atoms. The minimum atomic E-state index is -0.0680. The van der Waals surface area contributed by atoms with Gasteiger partial charge in [-0.1, -0.05) is 29.4 Å². The Morgan fingerprint density at radius 3 is 2.69 bits per heavy atom. The van der Waals surface area contributed by atoms with Gasteiger partial charge in [-0.3, -0.25) is 4.79 Å². The van der Waals surface area contributed by atoms with Crippen LogP contribution in [-0.2, 0) is 11.3 Å². The second-order valence-corrected chi connectivity index (χ2v) is 8.96. The van der Waals surface area contributed by atoms with Crippen molar-refractivity contribution in [1.29, 1.82) is 0 Å². The van der Waals surface area contributed by atoms with Crippen LogP contribution in [0.25, 0.3) is 34.0 Å². The number of aromatic nitrogens is 4. The van der Waals surface area contributed by atoms with Crippen molar-refractivity contribution in [2.75, 3.05) is 18.9 Å². The van der Waals surface area contributed by atoms with Gasteiger partial charge in [0, 0.05) is 54.7 Å². The molecular weight excluding hydrogens is 444 g/mol. The average molecular weight is 473 g/mol. The number of benzene rings is 1. The van der Waals surface area contributed by atoms with Crippen molar-refractivity contribution < 1.29 is 9.26 Å². The Hall–Kier alpha value is -3.82. The molecular formula is C26H28N6O3. The normalized spacial score (nSPS) is 15.7. The van der Waals surface area contributed by atoms with E-state index in [9.17, 15) is 4.79 Å². The van der Waals surface area contributed by atoms with Crippen molar-refractivity contribution in [3.8, 4) is 34.0 Å². The van der Waals surface area contributed by atoms with Crippen molar-refractivity contribution in [3.63, 3.8) is 0 Å². The first-order valence-electron chi connectivity index (χ1n) is 11.7. The molecule has 0 radical (unpaired) electrons. The molecule has 3 N–H and O–H groups in total. The van der Waals surface area contributed by atoms with Crippen LogP contribution < -0.4 is 16.6 Å². The molecule has 0 unspecified atom stereocenters. The van der Waals surface area contributed by atoms with Gasteiger partial charge in [0.05, 0.1) is 18.5 Å². The quantitative estimate of drug-likeness (QED) is 0.418. The molecule has 4 heterocycles. The van der Waals surface area contributed by atoms with E-state index in [0.29, 0.717) is 28.9 Å². The number of ether oxygens (including phenoxy) is 1. The Balaban J connectivity index is 1.36. The van der Waals surface area contributed by atoms with Gasteiger partial charge < -0.3 is 24.9 Å². The number of nitrogen functional groups attached to an aromatic ring is 1. The molecule has 0 bridgehead atoms. The van der Waals surface area contributed by atoms with E-state index in [2.05, 4.69) is 32.6 Å². The summed E-state index contributed by atoms with van der Waals surface area (Å²) in [5.74, 6) is 0.668. The summed E-state index contributed by atoms with van der Waals surface area (Å²) in [4.78, 5) is 21.1. The highest BCUT2D eigenvalue weighted by Gasteiger charge is 2.17. The largest absolute Gasteiger partial charge is 0.382 e. The van der Waals surface area contributed by atoms with Gasteiger partial charge in [0.2, 0.25) is 0 Å². The van der Waals surface area contributed by atoms with E-state index in [1.54, 1.807) is 23.0 Å². The van der Waals surface area contributed by atoms with Crippen molar-refractivity contribution in [1.82, 2.24) is 25.0 Å². The van der Waals surface area contributed by atoms with Crippen LogP contribution in [0.1, 0.15) is 31.9 Å². The maximum absolute atomic E-state index is 12.1. The van der Waals surface area contributed by atoms with E-state index in [4.69, 9.17) is 15.0 Å². The summed E-state index contributed by atoms with van der Waals surface area (Å²) in [7, 11) is 0. The Kier molecular flexibility index (Phi) is 6.43. The summed E-state index contributed by atoms with van der Waals surface area (Å²) in [6.45, 7) is 6.30. The average Bonchev–Trinajstić information content (AvgIpc) is 3.56. The molecule has 3 aromatic heterocycles. The van der Waals surface area contributed by atoms with Gasteiger partial charge in [-0.2, -0.15) is 0 Å². The second-order valence-electron chi connectivity index (χ2n) is 8.96. The van der Waals surface area contributed by atoms with E-state index < -0.39 is 0 Å². The molecule has 1 saturated heterocycles. The third-order valence-corrected chi connectivity index (χ3v) is 6.11. The van der Waals surface area contributed by atoms with Gasteiger partial charge in [0.1, 0.15) is 5.69 Å². The van der Waals surface area contributed by atoms with Crippen LogP contribution in [0.4, 0.5) is 5.82 Å². The molecule has 9 heteroatoms. The zero-order chi connectivity index (χ0) is 24.4. The van der Waals surface area contributed by atoms with E-state index in [0.717, 1.165) is 37.3 Å². The maximum Gasteiger partial charge on any atom is 0.250 e. The van der Waals surface area contributed by atoms with Crippen LogP contribution in [0.15, 0.2) is 64.2 Å². The topological polar surface area (TPSA) is 121 Å². The molecule has 0 amide bonds. The van der Waals surface area contributed by atoms with E-state index in [1.807, 2.05) is 32.0 Å². The lowest BCUT2D eigenvalue weighted by atomic mass is 10.1. The lowest BCUT2D eigenvalue weighted by Gasteiger charge is -2.11. The molecule has 0 saturated carbocycles. The number of rotatable bonds is 7. The summed E-state index contributed by atoms with van der Waals surface area (Å²) in [5.41, 5.74) is 10.6. The smallest absolute Gasteiger partial charge is 0.250 e. The molecule has 5 rings (SSSR count). The Bertz CT molecular complexity index is 1370. The highest BCUT2D eigenvalue weighted by Crippen LogP contribution is 2.29. The van der Waals surface area contributed by atoms with Gasteiger partial charge in [-0.25, -0.2) is 9.97 Å². The third kappa shape index (κ3) is 5.01. The highest BCUT2D eigenvalue weighted by molar-refractivity contribution is 5.72.